The smallest absolute Gasteiger partial charge is 0.119 e. The van der Waals surface area contributed by atoms with Gasteiger partial charge in [-0.25, -0.2) is 0 Å². The second kappa shape index (κ2) is 6.30. The Bertz CT molecular complexity index is 815. The van der Waals surface area contributed by atoms with E-state index in [0.717, 1.165) is 34.4 Å². The van der Waals surface area contributed by atoms with Crippen LogP contribution in [0.1, 0.15) is 29.5 Å². The maximum atomic E-state index is 6.48. The first-order chi connectivity index (χ1) is 12.3. The monoisotopic (exact) mass is 369 g/mol. The summed E-state index contributed by atoms with van der Waals surface area (Å²) in [6.07, 6.45) is 6.15. The van der Waals surface area contributed by atoms with Crippen LogP contribution in [0.5, 0.6) is 5.75 Å². The molecule has 1 aliphatic carbocycles. The summed E-state index contributed by atoms with van der Waals surface area (Å²) >= 11 is 8.42. The lowest BCUT2D eigenvalue weighted by atomic mass is 9.77. The Morgan fingerprint density at radius 2 is 1.92 bits per heavy atom. The third-order valence-corrected chi connectivity index (χ3v) is 7.03. The zero-order valence-corrected chi connectivity index (χ0v) is 15.4. The number of halogens is 1. The van der Waals surface area contributed by atoms with Gasteiger partial charge in [0.1, 0.15) is 11.9 Å². The van der Waals surface area contributed by atoms with Crippen LogP contribution >= 0.6 is 23.4 Å². The molecule has 1 fully saturated rings. The largest absolute Gasteiger partial charge is 0.489 e. The number of nitrogens with one attached hydrogen (secondary N) is 1. The van der Waals surface area contributed by atoms with E-state index >= 15 is 0 Å². The van der Waals surface area contributed by atoms with Crippen molar-refractivity contribution in [3.8, 4) is 5.75 Å². The number of rotatable bonds is 3. The molecule has 0 saturated carbocycles. The van der Waals surface area contributed by atoms with E-state index in [4.69, 9.17) is 16.3 Å². The average Bonchev–Trinajstić information content (AvgIpc) is 3.09. The van der Waals surface area contributed by atoms with Crippen molar-refractivity contribution in [2.45, 2.75) is 24.5 Å². The number of thioether (sulfide) groups is 1. The van der Waals surface area contributed by atoms with Crippen LogP contribution in [-0.4, -0.2) is 17.6 Å². The van der Waals surface area contributed by atoms with E-state index in [1.165, 1.54) is 11.1 Å². The first kappa shape index (κ1) is 15.7. The Balaban J connectivity index is 1.44. The predicted octanol–water partition coefficient (Wildman–Crippen LogP) is 5.66. The minimum absolute atomic E-state index is 0.278. The van der Waals surface area contributed by atoms with Crippen LogP contribution in [0.4, 0.5) is 5.69 Å². The van der Waals surface area contributed by atoms with Crippen molar-refractivity contribution in [1.82, 2.24) is 0 Å². The highest BCUT2D eigenvalue weighted by Gasteiger charge is 2.38. The van der Waals surface area contributed by atoms with E-state index in [-0.39, 0.29) is 6.04 Å². The molecule has 3 aliphatic rings. The topological polar surface area (TPSA) is 21.3 Å². The number of ether oxygens (including phenoxy) is 1. The van der Waals surface area contributed by atoms with Gasteiger partial charge in [0.05, 0.1) is 16.8 Å². The molecule has 0 amide bonds. The van der Waals surface area contributed by atoms with Gasteiger partial charge in [0.2, 0.25) is 0 Å². The van der Waals surface area contributed by atoms with Crippen LogP contribution in [0.3, 0.4) is 0 Å². The molecule has 2 nitrogen and oxygen atoms in total. The molecule has 2 aromatic carbocycles. The van der Waals surface area contributed by atoms with Gasteiger partial charge in [-0.2, -0.15) is 11.8 Å². The van der Waals surface area contributed by atoms with Crippen molar-refractivity contribution < 1.29 is 4.74 Å². The quantitative estimate of drug-likeness (QED) is 0.705. The lowest BCUT2D eigenvalue weighted by molar-refractivity contribution is 0.240. The van der Waals surface area contributed by atoms with Gasteiger partial charge >= 0.3 is 0 Å². The van der Waals surface area contributed by atoms with Gasteiger partial charge in [-0.05, 0) is 41.7 Å². The second-order valence-corrected chi connectivity index (χ2v) is 8.51. The van der Waals surface area contributed by atoms with Gasteiger partial charge in [0.25, 0.3) is 0 Å². The van der Waals surface area contributed by atoms with Crippen molar-refractivity contribution in [2.24, 2.45) is 5.92 Å². The van der Waals surface area contributed by atoms with Crippen LogP contribution < -0.4 is 10.1 Å². The van der Waals surface area contributed by atoms with Crippen LogP contribution in [0.15, 0.2) is 54.6 Å². The van der Waals surface area contributed by atoms with Crippen molar-refractivity contribution in [2.75, 3.05) is 16.8 Å². The van der Waals surface area contributed by atoms with E-state index in [9.17, 15) is 0 Å². The molecular weight excluding hydrogens is 350 g/mol. The number of fused-ring (bicyclic) bond motifs is 3. The standard InChI is InChI=1S/C21H20ClNOS/c22-19-6-2-5-18-16-3-1-4-17(16)20(23-21(18)19)13-7-9-14(10-8-13)24-15-11-25-12-15/h1-3,5-10,15-17,20,23H,4,11-12H2. The predicted molar refractivity (Wildman–Crippen MR) is 106 cm³/mol. The third kappa shape index (κ3) is 2.74. The number of hydrogen-bond donors (Lipinski definition) is 1. The second-order valence-electron chi connectivity index (χ2n) is 7.03. The van der Waals surface area contributed by atoms with E-state index in [1.807, 2.05) is 17.8 Å². The Labute approximate surface area is 157 Å². The fourth-order valence-corrected chi connectivity index (χ4v) is 4.94. The van der Waals surface area contributed by atoms with E-state index in [1.54, 1.807) is 0 Å². The number of allylic oxidation sites excluding steroid dienone is 2. The molecule has 4 heteroatoms. The maximum absolute atomic E-state index is 6.48. The summed E-state index contributed by atoms with van der Waals surface area (Å²) in [5.41, 5.74) is 3.72. The summed E-state index contributed by atoms with van der Waals surface area (Å²) in [6.45, 7) is 0. The molecule has 1 saturated heterocycles. The highest BCUT2D eigenvalue weighted by Crippen LogP contribution is 2.51. The normalized spacial score (nSPS) is 27.2. The SMILES string of the molecule is Clc1cccc2c1NC(c1ccc(OC3CSC3)cc1)C1CC=CC21. The highest BCUT2D eigenvalue weighted by atomic mass is 35.5. The van der Waals surface area contributed by atoms with Gasteiger partial charge < -0.3 is 10.1 Å². The zero-order chi connectivity index (χ0) is 16.8. The van der Waals surface area contributed by atoms with Crippen LogP contribution in [0, 0.1) is 5.92 Å². The van der Waals surface area contributed by atoms with E-state index in [0.29, 0.717) is 17.9 Å². The molecule has 3 unspecified atom stereocenters. The summed E-state index contributed by atoms with van der Waals surface area (Å²) in [7, 11) is 0. The first-order valence-corrected chi connectivity index (χ1v) is 10.4. The molecule has 1 N–H and O–H groups in total. The Hall–Kier alpha value is -1.58. The fraction of sp³-hybridized carbons (Fsp3) is 0.333. The van der Waals surface area contributed by atoms with Crippen LogP contribution in [-0.2, 0) is 0 Å². The van der Waals surface area contributed by atoms with Crippen molar-refractivity contribution in [3.63, 3.8) is 0 Å². The Morgan fingerprint density at radius 1 is 1.08 bits per heavy atom. The van der Waals surface area contributed by atoms with E-state index < -0.39 is 0 Å². The lowest BCUT2D eigenvalue weighted by Gasteiger charge is -2.38. The molecular formula is C21H20ClNOS. The first-order valence-electron chi connectivity index (χ1n) is 8.85. The van der Waals surface area contributed by atoms with Gasteiger partial charge in [-0.3, -0.25) is 0 Å². The average molecular weight is 370 g/mol. The molecule has 128 valence electrons. The molecule has 2 aromatic rings. The molecule has 2 heterocycles. The van der Waals surface area contributed by atoms with Crippen LogP contribution in [0.2, 0.25) is 5.02 Å². The molecule has 0 spiro atoms. The van der Waals surface area contributed by atoms with Crippen molar-refractivity contribution in [3.05, 3.63) is 70.8 Å². The fourth-order valence-electron chi connectivity index (χ4n) is 4.14. The molecule has 0 aromatic heterocycles. The van der Waals surface area contributed by atoms with Gasteiger partial charge in [-0.1, -0.05) is 48.0 Å². The van der Waals surface area contributed by atoms with E-state index in [2.05, 4.69) is 53.9 Å². The highest BCUT2D eigenvalue weighted by molar-refractivity contribution is 8.00. The van der Waals surface area contributed by atoms with Crippen molar-refractivity contribution in [1.29, 1.82) is 0 Å². The number of para-hydroxylation sites is 1. The summed E-state index contributed by atoms with van der Waals surface area (Å²) in [5.74, 6) is 4.18. The van der Waals surface area contributed by atoms with Gasteiger partial charge in [0, 0.05) is 17.4 Å². The molecule has 0 radical (unpaired) electrons. The molecule has 2 aliphatic heterocycles. The number of benzene rings is 2. The molecule has 0 bridgehead atoms. The minimum Gasteiger partial charge on any atom is -0.489 e. The lowest BCUT2D eigenvalue weighted by Crippen LogP contribution is -2.31. The van der Waals surface area contributed by atoms with Crippen LogP contribution in [0.25, 0.3) is 0 Å². The summed E-state index contributed by atoms with van der Waals surface area (Å²) in [6, 6.07) is 15.1. The number of hydrogen-bond acceptors (Lipinski definition) is 3. The Kier molecular flexibility index (Phi) is 3.94. The summed E-state index contributed by atoms with van der Waals surface area (Å²) in [4.78, 5) is 0. The summed E-state index contributed by atoms with van der Waals surface area (Å²) in [5, 5.41) is 4.53. The summed E-state index contributed by atoms with van der Waals surface area (Å²) < 4.78 is 5.98. The molecule has 25 heavy (non-hydrogen) atoms. The maximum Gasteiger partial charge on any atom is 0.119 e. The van der Waals surface area contributed by atoms with Gasteiger partial charge in [-0.15, -0.1) is 0 Å². The Morgan fingerprint density at radius 3 is 2.68 bits per heavy atom. The molecule has 5 rings (SSSR count). The third-order valence-electron chi connectivity index (χ3n) is 5.50. The molecule has 3 atom stereocenters. The van der Waals surface area contributed by atoms with Gasteiger partial charge in [0.15, 0.2) is 0 Å². The van der Waals surface area contributed by atoms with Crippen molar-refractivity contribution >= 4 is 29.1 Å². The zero-order valence-electron chi connectivity index (χ0n) is 13.8. The minimum atomic E-state index is 0.278. The number of anilines is 1.